The summed E-state index contributed by atoms with van der Waals surface area (Å²) in [5, 5.41) is 5.14. The van der Waals surface area contributed by atoms with E-state index in [1.807, 2.05) is 30.3 Å². The fraction of sp³-hybridized carbons (Fsp3) is 0.200. The Bertz CT molecular complexity index is 1050. The third-order valence-electron chi connectivity index (χ3n) is 4.55. The van der Waals surface area contributed by atoms with Gasteiger partial charge in [0.25, 0.3) is 5.91 Å². The van der Waals surface area contributed by atoms with Gasteiger partial charge in [0.05, 0.1) is 12.8 Å². The van der Waals surface area contributed by atoms with Crippen LogP contribution in [0.4, 0.5) is 0 Å². The third-order valence-corrected chi connectivity index (χ3v) is 5.14. The van der Waals surface area contributed by atoms with Crippen molar-refractivity contribution in [3.8, 4) is 11.5 Å². The van der Waals surface area contributed by atoms with Crippen LogP contribution >= 0.6 is 23.2 Å². The maximum absolute atomic E-state index is 12.3. The molecule has 166 valence electrons. The number of halogens is 2. The lowest BCUT2D eigenvalue weighted by molar-refractivity contribution is 0.0955. The van der Waals surface area contributed by atoms with Crippen molar-refractivity contribution >= 4 is 35.3 Å². The maximum atomic E-state index is 12.3. The maximum Gasteiger partial charge on any atom is 0.271 e. The summed E-state index contributed by atoms with van der Waals surface area (Å²) in [7, 11) is 0. The van der Waals surface area contributed by atoms with Gasteiger partial charge >= 0.3 is 0 Å². The quantitative estimate of drug-likeness (QED) is 0.208. The van der Waals surface area contributed by atoms with Gasteiger partial charge in [0.2, 0.25) is 0 Å². The summed E-state index contributed by atoms with van der Waals surface area (Å²) >= 11 is 12.1. The van der Waals surface area contributed by atoms with E-state index in [1.54, 1.807) is 42.6 Å². The molecule has 0 spiro atoms. The van der Waals surface area contributed by atoms with Crippen molar-refractivity contribution in [3.63, 3.8) is 0 Å². The van der Waals surface area contributed by atoms with Gasteiger partial charge in [0.15, 0.2) is 0 Å². The number of ether oxygens (including phenoxy) is 2. The summed E-state index contributed by atoms with van der Waals surface area (Å²) in [4.78, 5) is 12.3. The lowest BCUT2D eigenvalue weighted by atomic mass is 10.2. The second kappa shape index (κ2) is 12.1. The summed E-state index contributed by atoms with van der Waals surface area (Å²) in [6.45, 7) is 3.13. The monoisotopic (exact) mass is 470 g/mol. The van der Waals surface area contributed by atoms with Crippen LogP contribution in [0.5, 0.6) is 11.5 Å². The molecule has 1 N–H and O–H groups in total. The second-order valence-corrected chi connectivity index (χ2v) is 7.86. The summed E-state index contributed by atoms with van der Waals surface area (Å²) in [5.41, 5.74) is 4.68. The van der Waals surface area contributed by atoms with Gasteiger partial charge < -0.3 is 9.47 Å². The molecule has 1 amide bonds. The minimum absolute atomic E-state index is 0.300. The van der Waals surface area contributed by atoms with E-state index >= 15 is 0 Å². The highest BCUT2D eigenvalue weighted by atomic mass is 35.5. The number of carbonyl (C=O) groups is 1. The number of nitrogens with one attached hydrogen (secondary N) is 1. The van der Waals surface area contributed by atoms with Crippen molar-refractivity contribution in [2.45, 2.75) is 26.4 Å². The van der Waals surface area contributed by atoms with Crippen LogP contribution in [0.1, 0.15) is 41.3 Å². The topological polar surface area (TPSA) is 59.9 Å². The van der Waals surface area contributed by atoms with Crippen LogP contribution in [0.2, 0.25) is 10.0 Å². The molecule has 0 atom stereocenters. The average Bonchev–Trinajstić information content (AvgIpc) is 2.80. The molecule has 0 radical (unpaired) electrons. The van der Waals surface area contributed by atoms with Gasteiger partial charge in [-0.2, -0.15) is 5.10 Å². The molecule has 3 rings (SSSR count). The average molecular weight is 471 g/mol. The first-order chi connectivity index (χ1) is 15.5. The van der Waals surface area contributed by atoms with Gasteiger partial charge in [-0.3, -0.25) is 4.79 Å². The number of amides is 1. The van der Waals surface area contributed by atoms with Crippen LogP contribution in [0.25, 0.3) is 0 Å². The van der Waals surface area contributed by atoms with Crippen LogP contribution in [-0.4, -0.2) is 18.7 Å². The molecule has 0 fully saturated rings. The highest BCUT2D eigenvalue weighted by Gasteiger charge is 2.06. The first-order valence-corrected chi connectivity index (χ1v) is 11.0. The van der Waals surface area contributed by atoms with Crippen LogP contribution in [-0.2, 0) is 6.61 Å². The minimum atomic E-state index is -0.312. The SMILES string of the molecule is CCCCOc1ccc(/C=N\NC(=O)c2ccc(OCc3ccc(Cl)cc3Cl)cc2)cc1. The van der Waals surface area contributed by atoms with E-state index in [-0.39, 0.29) is 5.91 Å². The molecule has 0 unspecified atom stereocenters. The van der Waals surface area contributed by atoms with Crippen molar-refractivity contribution < 1.29 is 14.3 Å². The molecule has 0 aliphatic heterocycles. The zero-order valence-corrected chi connectivity index (χ0v) is 19.2. The Kier molecular flexibility index (Phi) is 8.96. The van der Waals surface area contributed by atoms with Crippen LogP contribution in [0.3, 0.4) is 0 Å². The fourth-order valence-electron chi connectivity index (χ4n) is 2.72. The van der Waals surface area contributed by atoms with E-state index in [9.17, 15) is 4.79 Å². The number of hydrazone groups is 1. The Labute approximate surface area is 198 Å². The van der Waals surface area contributed by atoms with Crippen molar-refractivity contribution in [2.24, 2.45) is 5.10 Å². The number of hydrogen-bond acceptors (Lipinski definition) is 4. The van der Waals surface area contributed by atoms with E-state index < -0.39 is 0 Å². The molecule has 3 aromatic rings. The van der Waals surface area contributed by atoms with Crippen molar-refractivity contribution in [1.82, 2.24) is 5.43 Å². The number of hydrogen-bond donors (Lipinski definition) is 1. The number of benzene rings is 3. The van der Waals surface area contributed by atoms with Crippen molar-refractivity contribution in [2.75, 3.05) is 6.61 Å². The molecular weight excluding hydrogens is 447 g/mol. The molecule has 0 saturated carbocycles. The summed E-state index contributed by atoms with van der Waals surface area (Å²) < 4.78 is 11.4. The molecule has 0 saturated heterocycles. The predicted molar refractivity (Wildman–Crippen MR) is 129 cm³/mol. The Morgan fingerprint density at radius 3 is 2.34 bits per heavy atom. The summed E-state index contributed by atoms with van der Waals surface area (Å²) in [5.74, 6) is 1.13. The van der Waals surface area contributed by atoms with Crippen molar-refractivity contribution in [1.29, 1.82) is 0 Å². The smallest absolute Gasteiger partial charge is 0.271 e. The van der Waals surface area contributed by atoms with E-state index in [2.05, 4.69) is 17.5 Å². The fourth-order valence-corrected chi connectivity index (χ4v) is 3.18. The summed E-state index contributed by atoms with van der Waals surface area (Å²) in [6.07, 6.45) is 3.71. The molecule has 0 aromatic heterocycles. The Morgan fingerprint density at radius 1 is 0.969 bits per heavy atom. The van der Waals surface area contributed by atoms with E-state index in [0.29, 0.717) is 34.6 Å². The summed E-state index contributed by atoms with van der Waals surface area (Å²) in [6, 6.07) is 19.6. The Hall–Kier alpha value is -3.02. The zero-order valence-electron chi connectivity index (χ0n) is 17.7. The second-order valence-electron chi connectivity index (χ2n) is 7.02. The molecule has 0 aliphatic rings. The van der Waals surface area contributed by atoms with Gasteiger partial charge in [-0.1, -0.05) is 42.6 Å². The molecule has 0 heterocycles. The standard InChI is InChI=1S/C25H24Cl2N2O3/c1-2-3-14-31-22-10-4-18(5-11-22)16-28-29-25(30)19-7-12-23(13-8-19)32-17-20-6-9-21(26)15-24(20)27/h4-13,15-16H,2-3,14,17H2,1H3,(H,29,30)/b28-16-. The number of unbranched alkanes of at least 4 members (excludes halogenated alkanes) is 1. The zero-order chi connectivity index (χ0) is 22.8. The molecule has 5 nitrogen and oxygen atoms in total. The predicted octanol–water partition coefficient (Wildman–Crippen LogP) is 6.52. The molecule has 0 aliphatic carbocycles. The Morgan fingerprint density at radius 2 is 1.66 bits per heavy atom. The highest BCUT2D eigenvalue weighted by molar-refractivity contribution is 6.35. The van der Waals surface area contributed by atoms with Crippen molar-refractivity contribution in [3.05, 3.63) is 93.5 Å². The van der Waals surface area contributed by atoms with Crippen LogP contribution < -0.4 is 14.9 Å². The van der Waals surface area contributed by atoms with Crippen LogP contribution in [0, 0.1) is 0 Å². The number of rotatable bonds is 10. The minimum Gasteiger partial charge on any atom is -0.494 e. The largest absolute Gasteiger partial charge is 0.494 e. The molecule has 7 heteroatoms. The molecule has 3 aromatic carbocycles. The van der Waals surface area contributed by atoms with E-state index in [4.69, 9.17) is 32.7 Å². The van der Waals surface area contributed by atoms with Gasteiger partial charge in [0.1, 0.15) is 18.1 Å². The van der Waals surface area contributed by atoms with Gasteiger partial charge in [-0.05, 0) is 72.6 Å². The van der Waals surface area contributed by atoms with E-state index in [1.165, 1.54) is 0 Å². The lowest BCUT2D eigenvalue weighted by Gasteiger charge is -2.08. The number of nitrogens with zero attached hydrogens (tertiary/aromatic N) is 1. The van der Waals surface area contributed by atoms with Crippen LogP contribution in [0.15, 0.2) is 71.8 Å². The van der Waals surface area contributed by atoms with E-state index in [0.717, 1.165) is 29.7 Å². The first kappa shape index (κ1) is 23.6. The van der Waals surface area contributed by atoms with Gasteiger partial charge in [0, 0.05) is 21.2 Å². The molecule has 0 bridgehead atoms. The van der Waals surface area contributed by atoms with Gasteiger partial charge in [-0.15, -0.1) is 0 Å². The number of carbonyl (C=O) groups excluding carboxylic acids is 1. The normalized spacial score (nSPS) is 10.8. The first-order valence-electron chi connectivity index (χ1n) is 10.3. The highest BCUT2D eigenvalue weighted by Crippen LogP contribution is 2.23. The van der Waals surface area contributed by atoms with Gasteiger partial charge in [-0.25, -0.2) is 5.43 Å². The lowest BCUT2D eigenvalue weighted by Crippen LogP contribution is -2.17. The Balaban J connectivity index is 1.48. The third kappa shape index (κ3) is 7.29. The molecule has 32 heavy (non-hydrogen) atoms. The molecular formula is C25H24Cl2N2O3.